The van der Waals surface area contributed by atoms with E-state index in [0.717, 1.165) is 28.3 Å². The zero-order chi connectivity index (χ0) is 18.8. The van der Waals surface area contributed by atoms with Gasteiger partial charge in [-0.05, 0) is 44.2 Å². The lowest BCUT2D eigenvalue weighted by molar-refractivity contribution is 0.0934. The van der Waals surface area contributed by atoms with Gasteiger partial charge in [0, 0.05) is 31.4 Å². The second kappa shape index (κ2) is 7.03. The average Bonchev–Trinajstić information content (AvgIpc) is 3.17. The molecule has 7 heteroatoms. The van der Waals surface area contributed by atoms with Crippen LogP contribution in [0.15, 0.2) is 36.5 Å². The molecule has 2 heterocycles. The van der Waals surface area contributed by atoms with E-state index in [1.165, 1.54) is 0 Å². The predicted octanol–water partition coefficient (Wildman–Crippen LogP) is 2.63. The van der Waals surface area contributed by atoms with Crippen LogP contribution in [0.25, 0.3) is 11.3 Å². The van der Waals surface area contributed by atoms with Gasteiger partial charge in [0.05, 0.1) is 24.5 Å². The van der Waals surface area contributed by atoms with Crippen LogP contribution in [0, 0.1) is 6.92 Å². The summed E-state index contributed by atoms with van der Waals surface area (Å²) in [5.41, 5.74) is 4.11. The second-order valence-corrected chi connectivity index (χ2v) is 6.31. The van der Waals surface area contributed by atoms with E-state index < -0.39 is 0 Å². The highest BCUT2D eigenvalue weighted by Gasteiger charge is 2.18. The normalized spacial score (nSPS) is 12.0. The number of aryl methyl sites for hydroxylation is 3. The maximum atomic E-state index is 12.6. The maximum Gasteiger partial charge on any atom is 0.272 e. The van der Waals surface area contributed by atoms with Crippen LogP contribution in [0.2, 0.25) is 0 Å². The lowest BCUT2D eigenvalue weighted by atomic mass is 10.1. The molecule has 0 spiro atoms. The summed E-state index contributed by atoms with van der Waals surface area (Å²) in [5.74, 6) is 0.575. The van der Waals surface area contributed by atoms with E-state index in [1.807, 2.05) is 58.4 Å². The lowest BCUT2D eigenvalue weighted by Gasteiger charge is -2.11. The first-order valence-electron chi connectivity index (χ1n) is 8.38. The first-order chi connectivity index (χ1) is 12.4. The molecule has 3 aromatic rings. The van der Waals surface area contributed by atoms with Gasteiger partial charge < -0.3 is 10.1 Å². The Balaban J connectivity index is 1.79. The third-order valence-corrected chi connectivity index (χ3v) is 4.36. The van der Waals surface area contributed by atoms with E-state index in [9.17, 15) is 4.79 Å². The van der Waals surface area contributed by atoms with Crippen LogP contribution in [-0.2, 0) is 14.1 Å². The number of carbonyl (C=O) groups excluding carboxylic acids is 1. The Morgan fingerprint density at radius 2 is 1.88 bits per heavy atom. The zero-order valence-corrected chi connectivity index (χ0v) is 15.6. The highest BCUT2D eigenvalue weighted by molar-refractivity contribution is 5.93. The molecule has 1 atom stereocenters. The van der Waals surface area contributed by atoms with Gasteiger partial charge in [-0.1, -0.05) is 0 Å². The van der Waals surface area contributed by atoms with Crippen molar-refractivity contribution in [3.05, 3.63) is 53.5 Å². The summed E-state index contributed by atoms with van der Waals surface area (Å²) in [6, 6.07) is 9.30. The summed E-state index contributed by atoms with van der Waals surface area (Å²) in [4.78, 5) is 12.6. The molecule has 0 fully saturated rings. The molecular weight excluding hydrogens is 330 g/mol. The molecule has 3 rings (SSSR count). The van der Waals surface area contributed by atoms with Gasteiger partial charge in [-0.15, -0.1) is 0 Å². The predicted molar refractivity (Wildman–Crippen MR) is 99.0 cm³/mol. The number of rotatable bonds is 5. The van der Waals surface area contributed by atoms with E-state index in [0.29, 0.717) is 5.69 Å². The van der Waals surface area contributed by atoms with Gasteiger partial charge in [0.2, 0.25) is 0 Å². The number of carbonyl (C=O) groups is 1. The fourth-order valence-corrected chi connectivity index (χ4v) is 3.00. The molecular formula is C19H23N5O2. The van der Waals surface area contributed by atoms with Gasteiger partial charge >= 0.3 is 0 Å². The first kappa shape index (κ1) is 17.7. The number of methoxy groups -OCH3 is 1. The standard InChI is InChI=1S/C19H23N5O2/c1-12(16-11-23(3)21-13(16)2)20-19(25)17-10-18(24(4)22-17)14-6-8-15(26-5)9-7-14/h6-12H,1-5H3,(H,20,25). The van der Waals surface area contributed by atoms with Crippen LogP contribution in [0.3, 0.4) is 0 Å². The van der Waals surface area contributed by atoms with Gasteiger partial charge in [-0.3, -0.25) is 14.2 Å². The first-order valence-corrected chi connectivity index (χ1v) is 8.38. The number of hydrogen-bond acceptors (Lipinski definition) is 4. The monoisotopic (exact) mass is 353 g/mol. The smallest absolute Gasteiger partial charge is 0.272 e. The summed E-state index contributed by atoms with van der Waals surface area (Å²) in [7, 11) is 5.32. The van der Waals surface area contributed by atoms with Crippen molar-refractivity contribution < 1.29 is 9.53 Å². The van der Waals surface area contributed by atoms with Gasteiger partial charge in [0.25, 0.3) is 5.91 Å². The van der Waals surface area contributed by atoms with Gasteiger partial charge in [-0.2, -0.15) is 10.2 Å². The number of benzene rings is 1. The number of amides is 1. The van der Waals surface area contributed by atoms with Crippen molar-refractivity contribution in [1.29, 1.82) is 0 Å². The number of nitrogens with one attached hydrogen (secondary N) is 1. The molecule has 1 N–H and O–H groups in total. The molecule has 136 valence electrons. The third kappa shape index (κ3) is 3.46. The minimum atomic E-state index is -0.212. The van der Waals surface area contributed by atoms with E-state index >= 15 is 0 Å². The molecule has 26 heavy (non-hydrogen) atoms. The number of ether oxygens (including phenoxy) is 1. The van der Waals surface area contributed by atoms with Gasteiger partial charge in [0.1, 0.15) is 5.75 Å². The Morgan fingerprint density at radius 3 is 2.46 bits per heavy atom. The fraction of sp³-hybridized carbons (Fsp3) is 0.316. The Kier molecular flexibility index (Phi) is 4.79. The summed E-state index contributed by atoms with van der Waals surface area (Å²) >= 11 is 0. The van der Waals surface area contributed by atoms with Crippen LogP contribution < -0.4 is 10.1 Å². The molecule has 0 aliphatic carbocycles. The van der Waals surface area contributed by atoms with Crippen molar-refractivity contribution in [2.24, 2.45) is 14.1 Å². The summed E-state index contributed by atoms with van der Waals surface area (Å²) in [6.07, 6.45) is 1.92. The summed E-state index contributed by atoms with van der Waals surface area (Å²) in [6.45, 7) is 3.87. The van der Waals surface area contributed by atoms with Crippen molar-refractivity contribution >= 4 is 5.91 Å². The fourth-order valence-electron chi connectivity index (χ4n) is 3.00. The molecule has 0 aliphatic rings. The van der Waals surface area contributed by atoms with Crippen LogP contribution in [-0.4, -0.2) is 32.6 Å². The number of nitrogens with zero attached hydrogens (tertiary/aromatic N) is 4. The Morgan fingerprint density at radius 1 is 1.19 bits per heavy atom. The largest absolute Gasteiger partial charge is 0.497 e. The van der Waals surface area contributed by atoms with E-state index in [-0.39, 0.29) is 11.9 Å². The molecule has 0 radical (unpaired) electrons. The Hall–Kier alpha value is -3.09. The molecule has 7 nitrogen and oxygen atoms in total. The van der Waals surface area contributed by atoms with Crippen LogP contribution in [0.1, 0.15) is 34.7 Å². The van der Waals surface area contributed by atoms with Gasteiger partial charge in [0.15, 0.2) is 5.69 Å². The van der Waals surface area contributed by atoms with Crippen LogP contribution in [0.5, 0.6) is 5.75 Å². The van der Waals surface area contributed by atoms with Crippen molar-refractivity contribution in [2.45, 2.75) is 19.9 Å². The molecule has 1 unspecified atom stereocenters. The van der Waals surface area contributed by atoms with Crippen molar-refractivity contribution in [2.75, 3.05) is 7.11 Å². The minimum absolute atomic E-state index is 0.150. The topological polar surface area (TPSA) is 74.0 Å². The molecule has 1 aromatic carbocycles. The Bertz CT molecular complexity index is 924. The number of hydrogen-bond donors (Lipinski definition) is 1. The average molecular weight is 353 g/mol. The van der Waals surface area contributed by atoms with E-state index in [1.54, 1.807) is 22.5 Å². The Labute approximate surface area is 152 Å². The highest BCUT2D eigenvalue weighted by atomic mass is 16.5. The van der Waals surface area contributed by atoms with Crippen molar-refractivity contribution in [3.8, 4) is 17.0 Å². The lowest BCUT2D eigenvalue weighted by Crippen LogP contribution is -2.27. The molecule has 0 bridgehead atoms. The summed E-state index contributed by atoms with van der Waals surface area (Å²) < 4.78 is 8.63. The summed E-state index contributed by atoms with van der Waals surface area (Å²) in [5, 5.41) is 11.7. The second-order valence-electron chi connectivity index (χ2n) is 6.31. The SMILES string of the molecule is COc1ccc(-c2cc(C(=O)NC(C)c3cn(C)nc3C)nn2C)cc1. The maximum absolute atomic E-state index is 12.6. The molecule has 0 aliphatic heterocycles. The van der Waals surface area contributed by atoms with Gasteiger partial charge in [-0.25, -0.2) is 0 Å². The van der Waals surface area contributed by atoms with E-state index in [2.05, 4.69) is 15.5 Å². The van der Waals surface area contributed by atoms with Crippen LogP contribution in [0.4, 0.5) is 0 Å². The molecule has 1 amide bonds. The van der Waals surface area contributed by atoms with E-state index in [4.69, 9.17) is 4.74 Å². The zero-order valence-electron chi connectivity index (χ0n) is 15.6. The number of aromatic nitrogens is 4. The quantitative estimate of drug-likeness (QED) is 0.765. The van der Waals surface area contributed by atoms with Crippen molar-refractivity contribution in [3.63, 3.8) is 0 Å². The third-order valence-electron chi connectivity index (χ3n) is 4.36. The van der Waals surface area contributed by atoms with Crippen molar-refractivity contribution in [1.82, 2.24) is 24.9 Å². The van der Waals surface area contributed by atoms with Crippen LogP contribution >= 0.6 is 0 Å². The molecule has 0 saturated heterocycles. The minimum Gasteiger partial charge on any atom is -0.497 e. The molecule has 2 aromatic heterocycles. The highest BCUT2D eigenvalue weighted by Crippen LogP contribution is 2.23. The molecule has 0 saturated carbocycles.